The number of urea groups is 1. The summed E-state index contributed by atoms with van der Waals surface area (Å²) in [6, 6.07) is 8.02. The summed E-state index contributed by atoms with van der Waals surface area (Å²) in [5.74, 6) is 0.735. The fraction of sp³-hybridized carbons (Fsp3) is 0.500. The van der Waals surface area contributed by atoms with Gasteiger partial charge in [-0.3, -0.25) is 0 Å². The molecular formula is C18H26N6O. The van der Waals surface area contributed by atoms with Crippen LogP contribution < -0.4 is 10.2 Å². The maximum absolute atomic E-state index is 12.5. The standard InChI is InChI=1S/C18H26N6O/c1-14(17-21-19-13-23(17)3)20-18(25)22(2)12-15-8-4-5-9-16(15)24-10-6-7-11-24/h4-5,8-9,13-14H,6-7,10-12H2,1-3H3,(H,20,25)/t14-/m1/s1. The van der Waals surface area contributed by atoms with Crippen molar-refractivity contribution in [1.82, 2.24) is 25.0 Å². The van der Waals surface area contributed by atoms with Crippen LogP contribution in [0.2, 0.25) is 0 Å². The van der Waals surface area contributed by atoms with Crippen LogP contribution in [0, 0.1) is 0 Å². The molecule has 1 saturated heterocycles. The number of para-hydroxylation sites is 1. The van der Waals surface area contributed by atoms with Crippen molar-refractivity contribution in [3.8, 4) is 0 Å². The first-order valence-electron chi connectivity index (χ1n) is 8.74. The van der Waals surface area contributed by atoms with E-state index in [2.05, 4.69) is 38.6 Å². The van der Waals surface area contributed by atoms with Crippen molar-refractivity contribution < 1.29 is 4.79 Å². The highest BCUT2D eigenvalue weighted by atomic mass is 16.2. The van der Waals surface area contributed by atoms with Gasteiger partial charge in [-0.05, 0) is 31.4 Å². The molecule has 2 heterocycles. The summed E-state index contributed by atoms with van der Waals surface area (Å²) in [7, 11) is 3.69. The molecule has 0 saturated carbocycles. The van der Waals surface area contributed by atoms with Crippen LogP contribution in [-0.4, -0.2) is 45.8 Å². The number of amides is 2. The third kappa shape index (κ3) is 3.92. The van der Waals surface area contributed by atoms with Crippen LogP contribution in [0.3, 0.4) is 0 Å². The summed E-state index contributed by atoms with van der Waals surface area (Å²) >= 11 is 0. The van der Waals surface area contributed by atoms with Gasteiger partial charge in [-0.1, -0.05) is 18.2 Å². The lowest BCUT2D eigenvalue weighted by Gasteiger charge is -2.25. The Bertz CT molecular complexity index is 722. The molecule has 0 unspecified atom stereocenters. The van der Waals surface area contributed by atoms with Gasteiger partial charge < -0.3 is 19.7 Å². The Morgan fingerprint density at radius 2 is 2.04 bits per heavy atom. The van der Waals surface area contributed by atoms with Crippen molar-refractivity contribution in [2.75, 3.05) is 25.0 Å². The quantitative estimate of drug-likeness (QED) is 0.905. The highest BCUT2D eigenvalue weighted by Gasteiger charge is 2.20. The van der Waals surface area contributed by atoms with Gasteiger partial charge in [-0.15, -0.1) is 10.2 Å². The molecule has 1 N–H and O–H groups in total. The largest absolute Gasteiger partial charge is 0.371 e. The molecule has 134 valence electrons. The van der Waals surface area contributed by atoms with Gasteiger partial charge in [-0.25, -0.2) is 4.79 Å². The number of hydrogen-bond acceptors (Lipinski definition) is 4. The molecular weight excluding hydrogens is 316 g/mol. The van der Waals surface area contributed by atoms with Gasteiger partial charge >= 0.3 is 6.03 Å². The molecule has 0 bridgehead atoms. The van der Waals surface area contributed by atoms with Crippen molar-refractivity contribution >= 4 is 11.7 Å². The number of carbonyl (C=O) groups excluding carboxylic acids is 1. The zero-order chi connectivity index (χ0) is 17.8. The Balaban J connectivity index is 1.65. The van der Waals surface area contributed by atoms with Gasteiger partial charge in [0.05, 0.1) is 6.04 Å². The number of anilines is 1. The molecule has 7 heteroatoms. The monoisotopic (exact) mass is 342 g/mol. The highest BCUT2D eigenvalue weighted by molar-refractivity contribution is 5.74. The number of carbonyl (C=O) groups is 1. The van der Waals surface area contributed by atoms with Gasteiger partial charge in [0.1, 0.15) is 6.33 Å². The number of benzene rings is 1. The van der Waals surface area contributed by atoms with Crippen molar-refractivity contribution in [2.45, 2.75) is 32.4 Å². The van der Waals surface area contributed by atoms with E-state index in [0.717, 1.165) is 18.9 Å². The van der Waals surface area contributed by atoms with E-state index in [1.165, 1.54) is 24.1 Å². The lowest BCUT2D eigenvalue weighted by molar-refractivity contribution is 0.203. The van der Waals surface area contributed by atoms with Crippen LogP contribution in [-0.2, 0) is 13.6 Å². The summed E-state index contributed by atoms with van der Waals surface area (Å²) < 4.78 is 1.81. The summed E-state index contributed by atoms with van der Waals surface area (Å²) in [4.78, 5) is 16.7. The summed E-state index contributed by atoms with van der Waals surface area (Å²) in [5.41, 5.74) is 2.41. The van der Waals surface area contributed by atoms with Crippen molar-refractivity contribution in [2.24, 2.45) is 7.05 Å². The fourth-order valence-corrected chi connectivity index (χ4v) is 3.28. The Kier molecular flexibility index (Phi) is 5.21. The topological polar surface area (TPSA) is 66.3 Å². The van der Waals surface area contributed by atoms with Crippen LogP contribution in [0.15, 0.2) is 30.6 Å². The first-order chi connectivity index (χ1) is 12.1. The molecule has 2 aromatic rings. The maximum Gasteiger partial charge on any atom is 0.318 e. The third-order valence-electron chi connectivity index (χ3n) is 4.67. The number of hydrogen-bond donors (Lipinski definition) is 1. The van der Waals surface area contributed by atoms with E-state index in [-0.39, 0.29) is 12.1 Å². The van der Waals surface area contributed by atoms with Crippen molar-refractivity contribution in [3.05, 3.63) is 42.0 Å². The van der Waals surface area contributed by atoms with Crippen LogP contribution in [0.1, 0.15) is 37.2 Å². The van der Waals surface area contributed by atoms with Gasteiger partial charge in [0, 0.05) is 39.4 Å². The average molecular weight is 342 g/mol. The van der Waals surface area contributed by atoms with Crippen LogP contribution >= 0.6 is 0 Å². The van der Waals surface area contributed by atoms with Gasteiger partial charge in [0.25, 0.3) is 0 Å². The van der Waals surface area contributed by atoms with Gasteiger partial charge in [0.2, 0.25) is 0 Å². The molecule has 0 aliphatic carbocycles. The minimum Gasteiger partial charge on any atom is -0.371 e. The van der Waals surface area contributed by atoms with E-state index in [4.69, 9.17) is 0 Å². The Hall–Kier alpha value is -2.57. The summed E-state index contributed by atoms with van der Waals surface area (Å²) in [5, 5.41) is 10.9. The minimum absolute atomic E-state index is 0.119. The molecule has 1 aliphatic rings. The lowest BCUT2D eigenvalue weighted by Crippen LogP contribution is -2.39. The molecule has 25 heavy (non-hydrogen) atoms. The Morgan fingerprint density at radius 1 is 1.32 bits per heavy atom. The van der Waals surface area contributed by atoms with Crippen molar-refractivity contribution in [3.63, 3.8) is 0 Å². The molecule has 1 aliphatic heterocycles. The van der Waals surface area contributed by atoms with Crippen LogP contribution in [0.4, 0.5) is 10.5 Å². The third-order valence-corrected chi connectivity index (χ3v) is 4.67. The highest BCUT2D eigenvalue weighted by Crippen LogP contribution is 2.25. The molecule has 0 spiro atoms. The molecule has 1 atom stereocenters. The van der Waals surface area contributed by atoms with E-state index >= 15 is 0 Å². The predicted octanol–water partition coefficient (Wildman–Crippen LogP) is 2.32. The molecule has 3 rings (SSSR count). The smallest absolute Gasteiger partial charge is 0.318 e. The van der Waals surface area contributed by atoms with Gasteiger partial charge in [-0.2, -0.15) is 0 Å². The average Bonchev–Trinajstić information content (AvgIpc) is 3.26. The van der Waals surface area contributed by atoms with E-state index in [0.29, 0.717) is 6.54 Å². The molecule has 7 nitrogen and oxygen atoms in total. The maximum atomic E-state index is 12.5. The SMILES string of the molecule is C[C@@H](NC(=O)N(C)Cc1ccccc1N1CCCC1)c1nncn1C. The molecule has 0 radical (unpaired) electrons. The number of rotatable bonds is 5. The Labute approximate surface area is 148 Å². The number of nitrogens with one attached hydrogen (secondary N) is 1. The summed E-state index contributed by atoms with van der Waals surface area (Å²) in [6.45, 7) is 4.67. The second-order valence-electron chi connectivity index (χ2n) is 6.65. The van der Waals surface area contributed by atoms with Crippen molar-refractivity contribution in [1.29, 1.82) is 0 Å². The first kappa shape index (κ1) is 17.3. The number of aryl methyl sites for hydroxylation is 1. The number of nitrogens with zero attached hydrogens (tertiary/aromatic N) is 5. The zero-order valence-electron chi connectivity index (χ0n) is 15.1. The normalized spacial score (nSPS) is 15.2. The second kappa shape index (κ2) is 7.55. The molecule has 1 aromatic carbocycles. The first-order valence-corrected chi connectivity index (χ1v) is 8.74. The van der Waals surface area contributed by atoms with Gasteiger partial charge in [0.15, 0.2) is 5.82 Å². The molecule has 1 fully saturated rings. The molecule has 2 amide bonds. The van der Waals surface area contributed by atoms with E-state index < -0.39 is 0 Å². The Morgan fingerprint density at radius 3 is 2.72 bits per heavy atom. The van der Waals surface area contributed by atoms with E-state index in [1.54, 1.807) is 11.2 Å². The minimum atomic E-state index is -0.198. The molecule has 1 aromatic heterocycles. The van der Waals surface area contributed by atoms with E-state index in [9.17, 15) is 4.79 Å². The van der Waals surface area contributed by atoms with E-state index in [1.807, 2.05) is 31.7 Å². The summed E-state index contributed by atoms with van der Waals surface area (Å²) in [6.07, 6.45) is 4.10. The van der Waals surface area contributed by atoms with Crippen LogP contribution in [0.25, 0.3) is 0 Å². The fourth-order valence-electron chi connectivity index (χ4n) is 3.28. The zero-order valence-corrected chi connectivity index (χ0v) is 15.1. The van der Waals surface area contributed by atoms with Crippen LogP contribution in [0.5, 0.6) is 0 Å². The predicted molar refractivity (Wildman–Crippen MR) is 97.3 cm³/mol. The second-order valence-corrected chi connectivity index (χ2v) is 6.65. The lowest BCUT2D eigenvalue weighted by atomic mass is 10.1. The number of aromatic nitrogens is 3.